The van der Waals surface area contributed by atoms with Gasteiger partial charge in [0.05, 0.1) is 5.92 Å². The Balaban J connectivity index is 1.91. The van der Waals surface area contributed by atoms with E-state index in [1.807, 2.05) is 0 Å². The van der Waals surface area contributed by atoms with Crippen LogP contribution in [-0.4, -0.2) is 12.7 Å². The lowest BCUT2D eigenvalue weighted by Gasteiger charge is -2.29. The Labute approximate surface area is 159 Å². The second-order valence-corrected chi connectivity index (χ2v) is 8.37. The third-order valence-corrected chi connectivity index (χ3v) is 6.31. The summed E-state index contributed by atoms with van der Waals surface area (Å²) in [6.07, 6.45) is 0.787. The van der Waals surface area contributed by atoms with Crippen molar-refractivity contribution in [2.24, 2.45) is 17.8 Å². The summed E-state index contributed by atoms with van der Waals surface area (Å²) in [5.74, 6) is -0.630. The minimum atomic E-state index is -4.15. The maximum Gasteiger partial charge on any atom is 0.392 e. The van der Waals surface area contributed by atoms with Gasteiger partial charge in [-0.1, -0.05) is 37.6 Å². The van der Waals surface area contributed by atoms with Crippen LogP contribution in [0.3, 0.4) is 0 Å². The first-order chi connectivity index (χ1) is 12.2. The average molecular weight is 384 g/mol. The standard InChI is InChI=1S/C21H28F3NS/c1-4-5-12(2)18-16-9-8-15(21(22,23)24)10-17(16)19(20(18)26)13(3)25-11-14-6-7-14/h14-15,18,25-26H,2-11H2,1H3. The molecule has 0 aromatic rings. The van der Waals surface area contributed by atoms with Crippen molar-refractivity contribution in [2.75, 3.05) is 6.54 Å². The van der Waals surface area contributed by atoms with Crippen LogP contribution in [0, 0.1) is 17.8 Å². The number of allylic oxidation sites excluding steroid dienone is 4. The van der Waals surface area contributed by atoms with E-state index in [0.717, 1.165) is 52.3 Å². The van der Waals surface area contributed by atoms with Crippen LogP contribution in [-0.2, 0) is 0 Å². The van der Waals surface area contributed by atoms with Crippen LogP contribution in [0.5, 0.6) is 0 Å². The quantitative estimate of drug-likeness (QED) is 0.387. The Hall–Kier alpha value is -1.10. The molecule has 0 aromatic heterocycles. The van der Waals surface area contributed by atoms with Gasteiger partial charge in [-0.3, -0.25) is 0 Å². The summed E-state index contributed by atoms with van der Waals surface area (Å²) >= 11 is 4.77. The molecule has 0 aromatic carbocycles. The van der Waals surface area contributed by atoms with Crippen LogP contribution in [0.15, 0.2) is 46.1 Å². The van der Waals surface area contributed by atoms with Crippen molar-refractivity contribution in [3.63, 3.8) is 0 Å². The fourth-order valence-corrected chi connectivity index (χ4v) is 4.81. The summed E-state index contributed by atoms with van der Waals surface area (Å²) in [7, 11) is 0. The topological polar surface area (TPSA) is 12.0 Å². The number of alkyl halides is 3. The highest BCUT2D eigenvalue weighted by atomic mass is 32.1. The summed E-state index contributed by atoms with van der Waals surface area (Å²) in [5, 5.41) is 3.35. The van der Waals surface area contributed by atoms with E-state index in [2.05, 4.69) is 25.4 Å². The molecule has 3 aliphatic rings. The molecule has 3 aliphatic carbocycles. The zero-order chi connectivity index (χ0) is 19.1. The monoisotopic (exact) mass is 383 g/mol. The van der Waals surface area contributed by atoms with Crippen LogP contribution < -0.4 is 5.32 Å². The lowest BCUT2D eigenvalue weighted by molar-refractivity contribution is -0.176. The average Bonchev–Trinajstić information content (AvgIpc) is 3.33. The van der Waals surface area contributed by atoms with Gasteiger partial charge in [0.25, 0.3) is 0 Å². The van der Waals surface area contributed by atoms with Crippen LogP contribution in [0.1, 0.15) is 51.9 Å². The van der Waals surface area contributed by atoms with Gasteiger partial charge in [0.1, 0.15) is 0 Å². The molecule has 2 atom stereocenters. The molecule has 1 nitrogen and oxygen atoms in total. The van der Waals surface area contributed by atoms with Gasteiger partial charge in [-0.25, -0.2) is 0 Å². The smallest absolute Gasteiger partial charge is 0.385 e. The Kier molecular flexibility index (Phi) is 5.66. The fraction of sp³-hybridized carbons (Fsp3) is 0.619. The zero-order valence-electron chi connectivity index (χ0n) is 15.4. The van der Waals surface area contributed by atoms with Gasteiger partial charge in [-0.05, 0) is 50.0 Å². The van der Waals surface area contributed by atoms with E-state index in [-0.39, 0.29) is 18.8 Å². The van der Waals surface area contributed by atoms with Gasteiger partial charge in [0.2, 0.25) is 0 Å². The van der Waals surface area contributed by atoms with E-state index >= 15 is 0 Å². The van der Waals surface area contributed by atoms with E-state index in [1.54, 1.807) is 0 Å². The SMILES string of the molecule is C=C(NCC1CC1)C1=C(S)C(C(=C)CCC)C2=C1CC(C(F)(F)F)CC2. The van der Waals surface area contributed by atoms with Gasteiger partial charge in [0, 0.05) is 28.6 Å². The second kappa shape index (κ2) is 7.49. The van der Waals surface area contributed by atoms with E-state index in [9.17, 15) is 13.2 Å². The molecular weight excluding hydrogens is 355 g/mol. The predicted octanol–water partition coefficient (Wildman–Crippen LogP) is 6.33. The molecule has 144 valence electrons. The Morgan fingerprint density at radius 2 is 1.92 bits per heavy atom. The van der Waals surface area contributed by atoms with Gasteiger partial charge < -0.3 is 5.32 Å². The molecule has 0 saturated heterocycles. The maximum absolute atomic E-state index is 13.3. The van der Waals surface area contributed by atoms with Crippen LogP contribution in [0.2, 0.25) is 0 Å². The van der Waals surface area contributed by atoms with E-state index < -0.39 is 12.1 Å². The molecule has 0 amide bonds. The minimum absolute atomic E-state index is 0.0306. The van der Waals surface area contributed by atoms with Crippen molar-refractivity contribution in [1.82, 2.24) is 5.32 Å². The molecule has 0 heterocycles. The van der Waals surface area contributed by atoms with E-state index in [0.29, 0.717) is 12.3 Å². The zero-order valence-corrected chi connectivity index (χ0v) is 16.3. The number of hydrogen-bond donors (Lipinski definition) is 2. The molecular formula is C21H28F3NS. The Bertz CT molecular complexity index is 667. The Morgan fingerprint density at radius 1 is 1.23 bits per heavy atom. The molecule has 2 unspecified atom stereocenters. The van der Waals surface area contributed by atoms with Crippen molar-refractivity contribution in [3.8, 4) is 0 Å². The van der Waals surface area contributed by atoms with Crippen molar-refractivity contribution in [2.45, 2.75) is 58.0 Å². The third kappa shape index (κ3) is 3.92. The van der Waals surface area contributed by atoms with Crippen molar-refractivity contribution in [3.05, 3.63) is 46.1 Å². The van der Waals surface area contributed by atoms with Gasteiger partial charge in [-0.2, -0.15) is 13.2 Å². The number of thiol groups is 1. The third-order valence-electron chi connectivity index (χ3n) is 5.83. The number of rotatable bonds is 7. The molecule has 0 aliphatic heterocycles. The highest BCUT2D eigenvalue weighted by Gasteiger charge is 2.46. The first-order valence-corrected chi connectivity index (χ1v) is 10.0. The predicted molar refractivity (Wildman–Crippen MR) is 104 cm³/mol. The fourth-order valence-electron chi connectivity index (χ4n) is 4.20. The normalized spacial score (nSPS) is 26.2. The number of halogens is 3. The summed E-state index contributed by atoms with van der Waals surface area (Å²) in [6.45, 7) is 11.3. The molecule has 0 spiro atoms. The van der Waals surface area contributed by atoms with Gasteiger partial charge >= 0.3 is 6.18 Å². The van der Waals surface area contributed by atoms with Crippen molar-refractivity contribution >= 4 is 12.6 Å². The number of nitrogens with one attached hydrogen (secondary N) is 1. The van der Waals surface area contributed by atoms with Crippen LogP contribution in [0.4, 0.5) is 13.2 Å². The minimum Gasteiger partial charge on any atom is -0.385 e. The maximum atomic E-state index is 13.3. The van der Waals surface area contributed by atoms with Crippen LogP contribution in [0.25, 0.3) is 0 Å². The van der Waals surface area contributed by atoms with Gasteiger partial charge in [-0.15, -0.1) is 12.6 Å². The highest BCUT2D eigenvalue weighted by molar-refractivity contribution is 7.84. The molecule has 3 rings (SSSR count). The first kappa shape index (κ1) is 19.7. The molecule has 0 bridgehead atoms. The number of hydrogen-bond acceptors (Lipinski definition) is 2. The largest absolute Gasteiger partial charge is 0.392 e. The molecule has 1 saturated carbocycles. The first-order valence-electron chi connectivity index (χ1n) is 9.56. The van der Waals surface area contributed by atoms with Gasteiger partial charge in [0.15, 0.2) is 0 Å². The summed E-state index contributed by atoms with van der Waals surface area (Å²) in [4.78, 5) is 0.838. The van der Waals surface area contributed by atoms with E-state index in [4.69, 9.17) is 12.6 Å². The lowest BCUT2D eigenvalue weighted by atomic mass is 9.78. The van der Waals surface area contributed by atoms with Crippen LogP contribution >= 0.6 is 12.6 Å². The lowest BCUT2D eigenvalue weighted by Crippen LogP contribution is -2.27. The molecule has 0 radical (unpaired) electrons. The molecule has 5 heteroatoms. The van der Waals surface area contributed by atoms with Crippen molar-refractivity contribution in [1.29, 1.82) is 0 Å². The summed E-state index contributed by atoms with van der Waals surface area (Å²) in [6, 6.07) is 0. The van der Waals surface area contributed by atoms with E-state index in [1.165, 1.54) is 12.8 Å². The summed E-state index contributed by atoms with van der Waals surface area (Å²) in [5.41, 5.74) is 4.52. The van der Waals surface area contributed by atoms with Crippen molar-refractivity contribution < 1.29 is 13.2 Å². The summed E-state index contributed by atoms with van der Waals surface area (Å²) < 4.78 is 40.0. The molecule has 26 heavy (non-hydrogen) atoms. The second-order valence-electron chi connectivity index (χ2n) is 7.89. The molecule has 1 N–H and O–H groups in total. The Morgan fingerprint density at radius 3 is 2.50 bits per heavy atom. The molecule has 1 fully saturated rings. The highest BCUT2D eigenvalue weighted by Crippen LogP contribution is 2.54.